The number of nitrogens with zero attached hydrogens (tertiary/aromatic N) is 2. The molecule has 0 bridgehead atoms. The highest BCUT2D eigenvalue weighted by atomic mass is 32.2. The Kier molecular flexibility index (Phi) is 6.11. The largest absolute Gasteiger partial charge is 0.352 e. The molecule has 2 aromatic carbocycles. The van der Waals surface area contributed by atoms with E-state index < -0.39 is 10.0 Å². The molecule has 1 amide bonds. The first-order valence-electron chi connectivity index (χ1n) is 8.62. The van der Waals surface area contributed by atoms with Gasteiger partial charge in [-0.05, 0) is 17.7 Å². The first-order valence-corrected chi connectivity index (χ1v) is 11.3. The number of hydrogen-bond acceptors (Lipinski definition) is 5. The van der Waals surface area contributed by atoms with E-state index in [-0.39, 0.29) is 12.3 Å². The molecule has 0 spiro atoms. The third-order valence-electron chi connectivity index (χ3n) is 4.22. The van der Waals surface area contributed by atoms with Crippen molar-refractivity contribution in [3.63, 3.8) is 0 Å². The minimum atomic E-state index is -3.29. The van der Waals surface area contributed by atoms with Crippen molar-refractivity contribution in [1.29, 1.82) is 0 Å². The third-order valence-corrected chi connectivity index (χ3v) is 6.27. The summed E-state index contributed by atoms with van der Waals surface area (Å²) >= 11 is 1.43. The van der Waals surface area contributed by atoms with Crippen molar-refractivity contribution in [3.05, 3.63) is 70.5 Å². The fraction of sp³-hybridized carbons (Fsp3) is 0.200. The number of amides is 1. The maximum absolute atomic E-state index is 12.1. The second-order valence-corrected chi connectivity index (χ2v) is 9.30. The van der Waals surface area contributed by atoms with Crippen molar-refractivity contribution in [1.82, 2.24) is 10.3 Å². The van der Waals surface area contributed by atoms with E-state index in [4.69, 9.17) is 0 Å². The number of benzene rings is 2. The number of sulfonamides is 1. The predicted molar refractivity (Wildman–Crippen MR) is 113 cm³/mol. The lowest BCUT2D eigenvalue weighted by atomic mass is 10.1. The van der Waals surface area contributed by atoms with Crippen molar-refractivity contribution < 1.29 is 13.2 Å². The SMILES string of the molecule is CN(c1ccc(-c2csc(CC(=O)NCc3ccccc3)n2)cc1)S(C)(=O)=O. The van der Waals surface area contributed by atoms with Crippen LogP contribution in [0, 0.1) is 0 Å². The van der Waals surface area contributed by atoms with Gasteiger partial charge < -0.3 is 5.32 Å². The number of nitrogens with one attached hydrogen (secondary N) is 1. The van der Waals surface area contributed by atoms with Gasteiger partial charge in [0.15, 0.2) is 0 Å². The standard InChI is InChI=1S/C20H21N3O3S2/c1-23(28(2,25)26)17-10-8-16(9-11-17)18-14-27-20(22-18)12-19(24)21-13-15-6-4-3-5-7-15/h3-11,14H,12-13H2,1-2H3,(H,21,24). The Balaban J connectivity index is 1.61. The molecular weight excluding hydrogens is 394 g/mol. The van der Waals surface area contributed by atoms with Gasteiger partial charge in [-0.1, -0.05) is 42.5 Å². The fourth-order valence-corrected chi connectivity index (χ4v) is 3.86. The van der Waals surface area contributed by atoms with Gasteiger partial charge in [0, 0.05) is 24.5 Å². The van der Waals surface area contributed by atoms with E-state index in [1.54, 1.807) is 12.1 Å². The van der Waals surface area contributed by atoms with Crippen molar-refractivity contribution in [2.24, 2.45) is 0 Å². The number of carbonyl (C=O) groups is 1. The molecule has 3 aromatic rings. The maximum atomic E-state index is 12.1. The molecule has 0 aliphatic heterocycles. The summed E-state index contributed by atoms with van der Waals surface area (Å²) in [6.07, 6.45) is 1.39. The topological polar surface area (TPSA) is 79.4 Å². The van der Waals surface area contributed by atoms with E-state index in [0.717, 1.165) is 28.1 Å². The lowest BCUT2D eigenvalue weighted by Crippen LogP contribution is -2.24. The Morgan fingerprint density at radius 1 is 1.11 bits per heavy atom. The van der Waals surface area contributed by atoms with Gasteiger partial charge in [0.2, 0.25) is 15.9 Å². The van der Waals surface area contributed by atoms with Gasteiger partial charge in [0.1, 0.15) is 5.01 Å². The van der Waals surface area contributed by atoms with Crippen molar-refractivity contribution in [3.8, 4) is 11.3 Å². The van der Waals surface area contributed by atoms with E-state index in [9.17, 15) is 13.2 Å². The normalized spacial score (nSPS) is 11.2. The van der Waals surface area contributed by atoms with E-state index in [0.29, 0.717) is 12.2 Å². The molecule has 6 nitrogen and oxygen atoms in total. The van der Waals surface area contributed by atoms with E-state index in [1.807, 2.05) is 47.8 Å². The van der Waals surface area contributed by atoms with Gasteiger partial charge in [0.05, 0.1) is 24.1 Å². The molecule has 0 radical (unpaired) electrons. The molecule has 0 aliphatic rings. The minimum Gasteiger partial charge on any atom is -0.352 e. The molecule has 1 N–H and O–H groups in total. The third kappa shape index (κ3) is 5.17. The van der Waals surface area contributed by atoms with Crippen molar-refractivity contribution in [2.75, 3.05) is 17.6 Å². The van der Waals surface area contributed by atoms with Crippen LogP contribution in [0.25, 0.3) is 11.3 Å². The number of rotatable bonds is 7. The summed E-state index contributed by atoms with van der Waals surface area (Å²) in [5, 5.41) is 5.53. The lowest BCUT2D eigenvalue weighted by molar-refractivity contribution is -0.120. The van der Waals surface area contributed by atoms with Gasteiger partial charge in [-0.3, -0.25) is 9.10 Å². The van der Waals surface area contributed by atoms with Crippen LogP contribution in [0.2, 0.25) is 0 Å². The molecule has 0 aliphatic carbocycles. The summed E-state index contributed by atoms with van der Waals surface area (Å²) in [4.78, 5) is 16.7. The zero-order valence-corrected chi connectivity index (χ0v) is 17.3. The summed E-state index contributed by atoms with van der Waals surface area (Å²) in [5.74, 6) is -0.0742. The number of aromatic nitrogens is 1. The molecule has 8 heteroatoms. The minimum absolute atomic E-state index is 0.0742. The molecule has 146 valence electrons. The molecule has 0 fully saturated rings. The molecular formula is C20H21N3O3S2. The Bertz CT molecular complexity index is 1050. The Hall–Kier alpha value is -2.71. The summed E-state index contributed by atoms with van der Waals surface area (Å²) in [5.41, 5.74) is 3.28. The highest BCUT2D eigenvalue weighted by Gasteiger charge is 2.13. The Morgan fingerprint density at radius 3 is 2.43 bits per heavy atom. The zero-order chi connectivity index (χ0) is 20.1. The van der Waals surface area contributed by atoms with Crippen molar-refractivity contribution in [2.45, 2.75) is 13.0 Å². The fourth-order valence-electron chi connectivity index (χ4n) is 2.55. The van der Waals surface area contributed by atoms with Crippen LogP contribution in [0.15, 0.2) is 60.0 Å². The molecule has 28 heavy (non-hydrogen) atoms. The quantitative estimate of drug-likeness (QED) is 0.643. The number of carbonyl (C=O) groups excluding carboxylic acids is 1. The van der Waals surface area contributed by atoms with Crippen LogP contribution in [-0.2, 0) is 27.8 Å². The average Bonchev–Trinajstić information content (AvgIpc) is 3.14. The van der Waals surface area contributed by atoms with Crippen LogP contribution in [0.1, 0.15) is 10.6 Å². The highest BCUT2D eigenvalue weighted by Crippen LogP contribution is 2.25. The number of thiazole rings is 1. The Morgan fingerprint density at radius 2 is 1.79 bits per heavy atom. The van der Waals surface area contributed by atoms with E-state index in [1.165, 1.54) is 22.7 Å². The van der Waals surface area contributed by atoms with E-state index >= 15 is 0 Å². The smallest absolute Gasteiger partial charge is 0.231 e. The summed E-state index contributed by atoms with van der Waals surface area (Å²) in [6.45, 7) is 0.493. The van der Waals surface area contributed by atoms with Crippen LogP contribution in [0.5, 0.6) is 0 Å². The lowest BCUT2D eigenvalue weighted by Gasteiger charge is -2.16. The van der Waals surface area contributed by atoms with Gasteiger partial charge in [0.25, 0.3) is 0 Å². The van der Waals surface area contributed by atoms with Crippen LogP contribution >= 0.6 is 11.3 Å². The Labute approximate surface area is 168 Å². The number of hydrogen-bond donors (Lipinski definition) is 1. The predicted octanol–water partition coefficient (Wildman–Crippen LogP) is 3.06. The number of anilines is 1. The summed E-state index contributed by atoms with van der Waals surface area (Å²) < 4.78 is 24.5. The molecule has 3 rings (SSSR count). The molecule has 1 heterocycles. The first kappa shape index (κ1) is 20.0. The van der Waals surface area contributed by atoms with Crippen LogP contribution in [-0.4, -0.2) is 32.6 Å². The van der Waals surface area contributed by atoms with Gasteiger partial charge in [-0.2, -0.15) is 0 Å². The second-order valence-electron chi connectivity index (χ2n) is 6.34. The summed E-state index contributed by atoms with van der Waals surface area (Å²) in [6, 6.07) is 16.9. The van der Waals surface area contributed by atoms with Gasteiger partial charge in [-0.15, -0.1) is 11.3 Å². The zero-order valence-electron chi connectivity index (χ0n) is 15.6. The van der Waals surface area contributed by atoms with Crippen LogP contribution in [0.4, 0.5) is 5.69 Å². The second kappa shape index (κ2) is 8.53. The average molecular weight is 416 g/mol. The van der Waals surface area contributed by atoms with Gasteiger partial charge >= 0.3 is 0 Å². The van der Waals surface area contributed by atoms with Crippen LogP contribution in [0.3, 0.4) is 0 Å². The summed E-state index contributed by atoms with van der Waals surface area (Å²) in [7, 11) is -1.78. The molecule has 0 atom stereocenters. The molecule has 0 saturated heterocycles. The van der Waals surface area contributed by atoms with E-state index in [2.05, 4.69) is 10.3 Å². The molecule has 1 aromatic heterocycles. The van der Waals surface area contributed by atoms with Crippen LogP contribution < -0.4 is 9.62 Å². The highest BCUT2D eigenvalue weighted by molar-refractivity contribution is 7.92. The van der Waals surface area contributed by atoms with Crippen molar-refractivity contribution >= 4 is 33.0 Å². The maximum Gasteiger partial charge on any atom is 0.231 e. The van der Waals surface area contributed by atoms with Gasteiger partial charge in [-0.25, -0.2) is 13.4 Å². The molecule has 0 unspecified atom stereocenters. The first-order chi connectivity index (χ1) is 13.3. The molecule has 0 saturated carbocycles. The monoisotopic (exact) mass is 415 g/mol.